The number of nitrogens with one attached hydrogen (secondary N) is 1. The lowest BCUT2D eigenvalue weighted by atomic mass is 9.69. The Kier molecular flexibility index (Phi) is 5.37. The Morgan fingerprint density at radius 1 is 1.28 bits per heavy atom. The topological polar surface area (TPSA) is 108 Å². The van der Waals surface area contributed by atoms with Gasteiger partial charge in [-0.3, -0.25) is 10.2 Å². The number of carbonyl (C=O) groups excluding carboxylic acids is 2. The first-order chi connectivity index (χ1) is 15.2. The van der Waals surface area contributed by atoms with Gasteiger partial charge in [-0.15, -0.1) is 0 Å². The summed E-state index contributed by atoms with van der Waals surface area (Å²) in [6.45, 7) is -0.0867. The highest BCUT2D eigenvalue weighted by atomic mass is 19.1. The van der Waals surface area contributed by atoms with Gasteiger partial charge >= 0.3 is 18.3 Å². The highest BCUT2D eigenvalue weighted by Gasteiger charge is 2.51. The summed E-state index contributed by atoms with van der Waals surface area (Å²) in [5, 5.41) is 10.9. The number of halogens is 1. The number of hydrogen-bond donors (Lipinski definition) is 2. The Morgan fingerprint density at radius 2 is 2.03 bits per heavy atom. The molecule has 0 atom stereocenters. The van der Waals surface area contributed by atoms with Gasteiger partial charge in [-0.2, -0.15) is 0 Å². The van der Waals surface area contributed by atoms with Crippen LogP contribution in [-0.2, 0) is 12.1 Å². The maximum Gasteiger partial charge on any atom is 0.416 e. The van der Waals surface area contributed by atoms with Gasteiger partial charge in [-0.05, 0) is 37.5 Å². The van der Waals surface area contributed by atoms with E-state index in [0.717, 1.165) is 12.0 Å². The molecule has 10 heteroatoms. The van der Waals surface area contributed by atoms with E-state index in [1.165, 1.54) is 34.1 Å². The largest absolute Gasteiger partial charge is 0.465 e. The van der Waals surface area contributed by atoms with Gasteiger partial charge in [0.25, 0.3) is 0 Å². The van der Waals surface area contributed by atoms with Crippen LogP contribution in [0.15, 0.2) is 36.4 Å². The maximum atomic E-state index is 14.9. The zero-order valence-electron chi connectivity index (χ0n) is 17.6. The minimum Gasteiger partial charge on any atom is -0.465 e. The third-order valence-corrected chi connectivity index (χ3v) is 5.79. The van der Waals surface area contributed by atoms with Crippen molar-refractivity contribution in [3.63, 3.8) is 0 Å². The molecule has 1 saturated carbocycles. The van der Waals surface area contributed by atoms with E-state index in [1.807, 2.05) is 5.32 Å². The molecule has 1 fully saturated rings. The zero-order valence-corrected chi connectivity index (χ0v) is 17.6. The summed E-state index contributed by atoms with van der Waals surface area (Å²) in [6, 6.07) is 9.23. The van der Waals surface area contributed by atoms with Gasteiger partial charge in [0.2, 0.25) is 0 Å². The van der Waals surface area contributed by atoms with Crippen molar-refractivity contribution in [2.75, 3.05) is 19.4 Å². The third-order valence-electron chi connectivity index (χ3n) is 5.79. The molecule has 1 aliphatic carbocycles. The number of rotatable bonds is 4. The summed E-state index contributed by atoms with van der Waals surface area (Å²) in [6.07, 6.45) is -0.375. The van der Waals surface area contributed by atoms with E-state index in [4.69, 9.17) is 14.6 Å². The molecule has 0 unspecified atom stereocenters. The Bertz CT molecular complexity index is 1100. The van der Waals surface area contributed by atoms with Crippen LogP contribution in [0.5, 0.6) is 11.5 Å². The summed E-state index contributed by atoms with van der Waals surface area (Å²) < 4.78 is 25.6. The van der Waals surface area contributed by atoms with Crippen molar-refractivity contribution in [2.45, 2.75) is 31.3 Å². The number of anilines is 1. The SMILES string of the molecule is CN(C)C(=O)Oc1ccc2c(c1)OC(=O)N(Cc1cccc(NC(=O)O)c1F)C21CCC1. The van der Waals surface area contributed by atoms with Gasteiger partial charge in [-0.25, -0.2) is 18.8 Å². The predicted molar refractivity (Wildman–Crippen MR) is 111 cm³/mol. The second-order valence-electron chi connectivity index (χ2n) is 7.97. The van der Waals surface area contributed by atoms with Crippen LogP contribution in [0, 0.1) is 5.82 Å². The predicted octanol–water partition coefficient (Wildman–Crippen LogP) is 4.37. The molecular weight excluding hydrogens is 421 g/mol. The highest BCUT2D eigenvalue weighted by Crippen LogP contribution is 2.53. The molecule has 168 valence electrons. The van der Waals surface area contributed by atoms with Gasteiger partial charge < -0.3 is 19.5 Å². The van der Waals surface area contributed by atoms with Gasteiger partial charge in [0.1, 0.15) is 11.5 Å². The molecule has 1 aliphatic heterocycles. The first-order valence-corrected chi connectivity index (χ1v) is 10.0. The lowest BCUT2D eigenvalue weighted by Crippen LogP contribution is -2.57. The van der Waals surface area contributed by atoms with E-state index < -0.39 is 29.6 Å². The van der Waals surface area contributed by atoms with Crippen molar-refractivity contribution in [3.8, 4) is 11.5 Å². The van der Waals surface area contributed by atoms with Crippen molar-refractivity contribution in [3.05, 3.63) is 53.3 Å². The number of ether oxygens (including phenoxy) is 2. The molecular formula is C22H22FN3O6. The van der Waals surface area contributed by atoms with Crippen molar-refractivity contribution in [1.29, 1.82) is 0 Å². The van der Waals surface area contributed by atoms with E-state index in [9.17, 15) is 18.8 Å². The minimum absolute atomic E-state index is 0.0867. The highest BCUT2D eigenvalue weighted by molar-refractivity contribution is 5.83. The molecule has 1 heterocycles. The molecule has 0 aromatic heterocycles. The van der Waals surface area contributed by atoms with Crippen molar-refractivity contribution < 1.29 is 33.4 Å². The molecule has 2 aromatic carbocycles. The van der Waals surface area contributed by atoms with E-state index in [-0.39, 0.29) is 23.5 Å². The molecule has 2 N–H and O–H groups in total. The second-order valence-corrected chi connectivity index (χ2v) is 7.97. The van der Waals surface area contributed by atoms with Gasteiger partial charge in [0, 0.05) is 31.3 Å². The summed E-state index contributed by atoms with van der Waals surface area (Å²) in [4.78, 5) is 38.4. The van der Waals surface area contributed by atoms with E-state index >= 15 is 0 Å². The van der Waals surface area contributed by atoms with Crippen LogP contribution in [0.1, 0.15) is 30.4 Å². The summed E-state index contributed by atoms with van der Waals surface area (Å²) in [7, 11) is 3.12. The quantitative estimate of drug-likeness (QED) is 0.727. The van der Waals surface area contributed by atoms with Crippen LogP contribution >= 0.6 is 0 Å². The van der Waals surface area contributed by atoms with Crippen molar-refractivity contribution in [2.24, 2.45) is 0 Å². The lowest BCUT2D eigenvalue weighted by molar-refractivity contribution is 0.00113. The molecule has 0 radical (unpaired) electrons. The van der Waals surface area contributed by atoms with E-state index in [1.54, 1.807) is 26.2 Å². The number of fused-ring (bicyclic) bond motifs is 2. The Hall–Kier alpha value is -3.82. The molecule has 9 nitrogen and oxygen atoms in total. The van der Waals surface area contributed by atoms with Crippen LogP contribution in [0.2, 0.25) is 0 Å². The summed E-state index contributed by atoms with van der Waals surface area (Å²) >= 11 is 0. The van der Waals surface area contributed by atoms with Gasteiger partial charge in [0.15, 0.2) is 5.82 Å². The van der Waals surface area contributed by atoms with Crippen LogP contribution in [0.3, 0.4) is 0 Å². The van der Waals surface area contributed by atoms with Gasteiger partial charge in [0.05, 0.1) is 17.8 Å². The number of hydrogen-bond acceptors (Lipinski definition) is 5. The monoisotopic (exact) mass is 443 g/mol. The minimum atomic E-state index is -1.38. The normalized spacial score (nSPS) is 16.0. The van der Waals surface area contributed by atoms with Crippen molar-refractivity contribution in [1.82, 2.24) is 9.80 Å². The first kappa shape index (κ1) is 21.4. The van der Waals surface area contributed by atoms with Crippen LogP contribution in [-0.4, -0.2) is 47.3 Å². The van der Waals surface area contributed by atoms with Crippen LogP contribution < -0.4 is 14.8 Å². The standard InChI is InChI=1S/C22H22FN3O6/c1-25(2)20(29)31-14-7-8-15-17(11-14)32-21(30)26(22(15)9-4-10-22)12-13-5-3-6-16(18(13)23)24-19(27)28/h3,5-8,11,24H,4,9-10,12H2,1-2H3,(H,27,28). The molecule has 4 rings (SSSR count). The van der Waals surface area contributed by atoms with Crippen LogP contribution in [0.4, 0.5) is 24.5 Å². The first-order valence-electron chi connectivity index (χ1n) is 10.0. The second kappa shape index (κ2) is 8.03. The van der Waals surface area contributed by atoms with E-state index in [2.05, 4.69) is 0 Å². The summed E-state index contributed by atoms with van der Waals surface area (Å²) in [5.41, 5.74) is 0.0701. The molecule has 2 aliphatic rings. The number of benzene rings is 2. The number of carboxylic acid groups (broad SMARTS) is 1. The molecule has 32 heavy (non-hydrogen) atoms. The number of nitrogens with zero attached hydrogens (tertiary/aromatic N) is 2. The average Bonchev–Trinajstić information content (AvgIpc) is 2.69. The molecule has 3 amide bonds. The Labute approximate surface area is 183 Å². The van der Waals surface area contributed by atoms with E-state index in [0.29, 0.717) is 18.6 Å². The molecule has 1 spiro atoms. The summed E-state index contributed by atoms with van der Waals surface area (Å²) in [5.74, 6) is -0.192. The number of amides is 3. The fourth-order valence-corrected chi connectivity index (χ4v) is 4.05. The molecule has 0 bridgehead atoms. The maximum absolute atomic E-state index is 14.9. The zero-order chi connectivity index (χ0) is 23.0. The lowest BCUT2D eigenvalue weighted by Gasteiger charge is -2.52. The fourth-order valence-electron chi connectivity index (χ4n) is 4.05. The average molecular weight is 443 g/mol. The Balaban J connectivity index is 1.65. The third kappa shape index (κ3) is 3.68. The van der Waals surface area contributed by atoms with Crippen molar-refractivity contribution >= 4 is 24.0 Å². The van der Waals surface area contributed by atoms with Gasteiger partial charge in [-0.1, -0.05) is 12.1 Å². The van der Waals surface area contributed by atoms with Crippen LogP contribution in [0.25, 0.3) is 0 Å². The fraction of sp³-hybridized carbons (Fsp3) is 0.318. The smallest absolute Gasteiger partial charge is 0.416 e. The molecule has 2 aromatic rings. The molecule has 0 saturated heterocycles. The number of carbonyl (C=O) groups is 3. The Morgan fingerprint density at radius 3 is 2.66 bits per heavy atom.